The molecule has 1 atom stereocenters. The number of fused-ring (bicyclic) bond motifs is 2. The van der Waals surface area contributed by atoms with Gasteiger partial charge in [0.1, 0.15) is 28.6 Å². The number of amides is 1. The third kappa shape index (κ3) is 6.63. The molecule has 3 aromatic rings. The van der Waals surface area contributed by atoms with Gasteiger partial charge in [-0.25, -0.2) is 9.98 Å². The van der Waals surface area contributed by atoms with E-state index in [1.165, 1.54) is 0 Å². The van der Waals surface area contributed by atoms with Crippen molar-refractivity contribution in [3.8, 4) is 11.5 Å². The van der Waals surface area contributed by atoms with Crippen LogP contribution in [0.2, 0.25) is 0 Å². The molecule has 2 aliphatic rings. The second-order valence-corrected chi connectivity index (χ2v) is 11.5. The van der Waals surface area contributed by atoms with Gasteiger partial charge in [-0.1, -0.05) is 6.58 Å². The molecule has 1 amide bonds. The lowest BCUT2D eigenvalue weighted by Gasteiger charge is -2.24. The van der Waals surface area contributed by atoms with Gasteiger partial charge in [-0.15, -0.1) is 11.3 Å². The SMILES string of the molecule is C=C(/C=C\N=C(/N)NC)c1cc(OCCN(C)C)c2nc(C3COc4ccc(C(=O)NC5CC5)cc4C3)sc2c1. The van der Waals surface area contributed by atoms with Crippen LogP contribution in [-0.4, -0.2) is 68.7 Å². The van der Waals surface area contributed by atoms with Crippen LogP contribution in [0, 0.1) is 0 Å². The van der Waals surface area contributed by atoms with Gasteiger partial charge in [0, 0.05) is 37.3 Å². The Bertz CT molecular complexity index is 1470. The van der Waals surface area contributed by atoms with Gasteiger partial charge in [0.15, 0.2) is 5.96 Å². The smallest absolute Gasteiger partial charge is 0.251 e. The van der Waals surface area contributed by atoms with E-state index in [0.29, 0.717) is 30.8 Å². The number of allylic oxidation sites excluding steroid dienone is 2. The number of likely N-dealkylation sites (N-methyl/N-ethyl adjacent to an activating group) is 1. The van der Waals surface area contributed by atoms with E-state index in [2.05, 4.69) is 33.2 Å². The Morgan fingerprint density at radius 3 is 2.88 bits per heavy atom. The number of aromatic nitrogens is 1. The first-order valence-electron chi connectivity index (χ1n) is 13.5. The normalized spacial score (nSPS) is 17.1. The molecule has 9 nitrogen and oxygen atoms in total. The molecule has 4 N–H and O–H groups in total. The lowest BCUT2D eigenvalue weighted by molar-refractivity contribution is 0.0951. The Hall–Kier alpha value is -3.89. The number of nitrogens with zero attached hydrogens (tertiary/aromatic N) is 3. The molecule has 1 aliphatic heterocycles. The molecule has 0 radical (unpaired) electrons. The lowest BCUT2D eigenvalue weighted by atomic mass is 9.95. The molecule has 1 saturated carbocycles. The maximum absolute atomic E-state index is 12.6. The third-order valence-electron chi connectivity index (χ3n) is 6.88. The Kier molecular flexibility index (Phi) is 8.37. The molecular formula is C30H36N6O3S. The van der Waals surface area contributed by atoms with Crippen molar-refractivity contribution in [2.45, 2.75) is 31.2 Å². The summed E-state index contributed by atoms with van der Waals surface area (Å²) in [5.41, 5.74) is 9.97. The summed E-state index contributed by atoms with van der Waals surface area (Å²) in [5, 5.41) is 6.84. The van der Waals surface area contributed by atoms with Crippen LogP contribution in [0.3, 0.4) is 0 Å². The summed E-state index contributed by atoms with van der Waals surface area (Å²) >= 11 is 1.64. The summed E-state index contributed by atoms with van der Waals surface area (Å²) in [7, 11) is 5.75. The first-order valence-corrected chi connectivity index (χ1v) is 14.3. The molecule has 10 heteroatoms. The summed E-state index contributed by atoms with van der Waals surface area (Å²) in [4.78, 5) is 23.9. The van der Waals surface area contributed by atoms with Crippen molar-refractivity contribution >= 4 is 39.0 Å². The van der Waals surface area contributed by atoms with Crippen molar-refractivity contribution in [1.82, 2.24) is 20.5 Å². The van der Waals surface area contributed by atoms with E-state index in [1.807, 2.05) is 44.4 Å². The molecule has 0 bridgehead atoms. The van der Waals surface area contributed by atoms with Crippen molar-refractivity contribution in [2.75, 3.05) is 40.9 Å². The van der Waals surface area contributed by atoms with E-state index in [4.69, 9.17) is 20.2 Å². The van der Waals surface area contributed by atoms with Crippen molar-refractivity contribution in [1.29, 1.82) is 0 Å². The molecule has 5 rings (SSSR count). The standard InChI is InChI=1S/C30H36N6O3S/c1-18(9-10-33-30(31)32-2)20-15-25(38-12-11-36(3)4)27-26(16-20)40-29(35-27)22-14-21-13-19(5-8-24(21)39-17-22)28(37)34-23-6-7-23/h5,8-10,13,15-16,22-23H,1,6-7,11-12,14,17H2,2-4H3,(H,34,37)(H3,31,32,33)/b10-9-. The Labute approximate surface area is 238 Å². The van der Waals surface area contributed by atoms with Gasteiger partial charge in [-0.05, 0) is 86.5 Å². The number of benzene rings is 2. The molecular weight excluding hydrogens is 524 g/mol. The summed E-state index contributed by atoms with van der Waals surface area (Å²) in [6, 6.07) is 10.1. The van der Waals surface area contributed by atoms with Crippen LogP contribution < -0.4 is 25.8 Å². The van der Waals surface area contributed by atoms with E-state index < -0.39 is 0 Å². The van der Waals surface area contributed by atoms with E-state index >= 15 is 0 Å². The second-order valence-electron chi connectivity index (χ2n) is 10.4. The highest BCUT2D eigenvalue weighted by molar-refractivity contribution is 7.18. The number of carbonyl (C=O) groups is 1. The zero-order valence-electron chi connectivity index (χ0n) is 23.2. The van der Waals surface area contributed by atoms with Crippen LogP contribution in [0.25, 0.3) is 15.8 Å². The van der Waals surface area contributed by atoms with Gasteiger partial charge < -0.3 is 30.7 Å². The first kappa shape index (κ1) is 27.7. The molecule has 1 aliphatic carbocycles. The van der Waals surface area contributed by atoms with Crippen LogP contribution in [0.15, 0.2) is 54.2 Å². The predicted octanol–water partition coefficient (Wildman–Crippen LogP) is 3.91. The fourth-order valence-electron chi connectivity index (χ4n) is 4.38. The third-order valence-corrected chi connectivity index (χ3v) is 8.04. The number of aliphatic imine (C=N–C) groups is 1. The van der Waals surface area contributed by atoms with Gasteiger partial charge in [-0.2, -0.15) is 0 Å². The minimum Gasteiger partial charge on any atom is -0.493 e. The van der Waals surface area contributed by atoms with Gasteiger partial charge in [0.25, 0.3) is 5.91 Å². The number of guanidine groups is 1. The maximum Gasteiger partial charge on any atom is 0.251 e. The van der Waals surface area contributed by atoms with Crippen molar-refractivity contribution in [3.05, 3.63) is 70.9 Å². The zero-order valence-corrected chi connectivity index (χ0v) is 24.0. The summed E-state index contributed by atoms with van der Waals surface area (Å²) in [5.74, 6) is 1.94. The minimum atomic E-state index is -0.0203. The average Bonchev–Trinajstić information content (AvgIpc) is 3.65. The van der Waals surface area contributed by atoms with Crippen molar-refractivity contribution in [2.24, 2.45) is 10.7 Å². The van der Waals surface area contributed by atoms with Crippen molar-refractivity contribution < 1.29 is 14.3 Å². The van der Waals surface area contributed by atoms with Crippen LogP contribution >= 0.6 is 11.3 Å². The Morgan fingerprint density at radius 2 is 2.12 bits per heavy atom. The van der Waals surface area contributed by atoms with Gasteiger partial charge in [0.05, 0.1) is 11.3 Å². The Balaban J connectivity index is 1.41. The maximum atomic E-state index is 12.6. The zero-order chi connectivity index (χ0) is 28.2. The topological polar surface area (TPSA) is 114 Å². The molecule has 2 aromatic carbocycles. The number of carbonyl (C=O) groups excluding carboxylic acids is 1. The molecule has 1 unspecified atom stereocenters. The summed E-state index contributed by atoms with van der Waals surface area (Å²) in [6.45, 7) is 6.07. The van der Waals surface area contributed by atoms with Crippen molar-refractivity contribution in [3.63, 3.8) is 0 Å². The number of hydrogen-bond donors (Lipinski definition) is 3. The molecule has 0 spiro atoms. The minimum absolute atomic E-state index is 0.0203. The average molecular weight is 561 g/mol. The van der Waals surface area contributed by atoms with Gasteiger partial charge in [0.2, 0.25) is 0 Å². The fourth-order valence-corrected chi connectivity index (χ4v) is 5.49. The van der Waals surface area contributed by atoms with E-state index in [-0.39, 0.29) is 11.8 Å². The summed E-state index contributed by atoms with van der Waals surface area (Å²) < 4.78 is 13.4. The predicted molar refractivity (Wildman–Crippen MR) is 161 cm³/mol. The molecule has 210 valence electrons. The molecule has 0 saturated heterocycles. The van der Waals surface area contributed by atoms with E-state index in [1.54, 1.807) is 24.6 Å². The van der Waals surface area contributed by atoms with Crippen LogP contribution in [0.4, 0.5) is 0 Å². The molecule has 1 fully saturated rings. The summed E-state index contributed by atoms with van der Waals surface area (Å²) in [6.07, 6.45) is 6.32. The highest BCUT2D eigenvalue weighted by Gasteiger charge is 2.28. The van der Waals surface area contributed by atoms with Crippen LogP contribution in [0.1, 0.15) is 45.3 Å². The number of thiazole rings is 1. The highest BCUT2D eigenvalue weighted by atomic mass is 32.1. The highest BCUT2D eigenvalue weighted by Crippen LogP contribution is 2.40. The molecule has 2 heterocycles. The number of ether oxygens (including phenoxy) is 2. The first-order chi connectivity index (χ1) is 19.3. The van der Waals surface area contributed by atoms with Gasteiger partial charge >= 0.3 is 0 Å². The van der Waals surface area contributed by atoms with E-state index in [9.17, 15) is 4.79 Å². The number of nitrogens with two attached hydrogens (primary N) is 1. The van der Waals surface area contributed by atoms with Gasteiger partial charge in [-0.3, -0.25) is 4.79 Å². The Morgan fingerprint density at radius 1 is 1.30 bits per heavy atom. The van der Waals surface area contributed by atoms with Crippen LogP contribution in [-0.2, 0) is 6.42 Å². The second kappa shape index (κ2) is 12.1. The number of rotatable bonds is 10. The quantitative estimate of drug-likeness (QED) is 0.196. The fraction of sp³-hybridized carbons (Fsp3) is 0.367. The molecule has 40 heavy (non-hydrogen) atoms. The molecule has 1 aromatic heterocycles. The lowest BCUT2D eigenvalue weighted by Crippen LogP contribution is -2.26. The largest absolute Gasteiger partial charge is 0.493 e. The number of hydrogen-bond acceptors (Lipinski definition) is 7. The van der Waals surface area contributed by atoms with Crippen LogP contribution in [0.5, 0.6) is 11.5 Å². The van der Waals surface area contributed by atoms with E-state index in [0.717, 1.165) is 69.2 Å². The number of nitrogens with one attached hydrogen (secondary N) is 2. The monoisotopic (exact) mass is 560 g/mol.